The summed E-state index contributed by atoms with van der Waals surface area (Å²) in [7, 11) is 0. The van der Waals surface area contributed by atoms with Crippen molar-refractivity contribution in [2.45, 2.75) is 26.4 Å². The van der Waals surface area contributed by atoms with Crippen LogP contribution in [0.1, 0.15) is 20.8 Å². The van der Waals surface area contributed by atoms with Crippen LogP contribution in [-0.2, 0) is 4.74 Å². The smallest absolute Gasteiger partial charge is 0.418 e. The van der Waals surface area contributed by atoms with Crippen LogP contribution in [0.5, 0.6) is 0 Å². The second-order valence-corrected chi connectivity index (χ2v) is 4.65. The minimum absolute atomic E-state index is 0.353. The van der Waals surface area contributed by atoms with Crippen LogP contribution < -0.4 is 0 Å². The standard InChI is InChI=1S/C13H14NO2/c1-13(2,3)16-12(15)14-9-8-10-6-4-5-7-11(10)14/h5-9H,1-3H3. The van der Waals surface area contributed by atoms with Gasteiger partial charge >= 0.3 is 6.09 Å². The van der Waals surface area contributed by atoms with Gasteiger partial charge in [-0.2, -0.15) is 0 Å². The largest absolute Gasteiger partial charge is 0.443 e. The topological polar surface area (TPSA) is 31.2 Å². The summed E-state index contributed by atoms with van der Waals surface area (Å²) >= 11 is 0. The fourth-order valence-corrected chi connectivity index (χ4v) is 1.49. The van der Waals surface area contributed by atoms with Gasteiger partial charge in [0.05, 0.1) is 5.52 Å². The Kier molecular flexibility index (Phi) is 2.46. The third-order valence-electron chi connectivity index (χ3n) is 2.12. The number of benzene rings is 1. The SMILES string of the molecule is CC(C)(C)OC(=O)n1ccc2c[c]ccc21. The molecule has 16 heavy (non-hydrogen) atoms. The van der Waals surface area contributed by atoms with Crippen LogP contribution in [0.4, 0.5) is 4.79 Å². The van der Waals surface area contributed by atoms with E-state index in [1.165, 1.54) is 4.57 Å². The number of hydrogen-bond donors (Lipinski definition) is 0. The van der Waals surface area contributed by atoms with Crippen molar-refractivity contribution in [3.63, 3.8) is 0 Å². The third kappa shape index (κ3) is 2.08. The molecule has 3 nitrogen and oxygen atoms in total. The first-order chi connectivity index (χ1) is 7.47. The van der Waals surface area contributed by atoms with Crippen molar-refractivity contribution in [3.8, 4) is 0 Å². The van der Waals surface area contributed by atoms with Crippen molar-refractivity contribution in [3.05, 3.63) is 36.5 Å². The predicted molar refractivity (Wildman–Crippen MR) is 62.4 cm³/mol. The molecule has 1 aromatic carbocycles. The van der Waals surface area contributed by atoms with Crippen molar-refractivity contribution in [2.75, 3.05) is 0 Å². The van der Waals surface area contributed by atoms with Gasteiger partial charge < -0.3 is 4.74 Å². The fourth-order valence-electron chi connectivity index (χ4n) is 1.49. The first kappa shape index (κ1) is 10.7. The molecule has 0 atom stereocenters. The quantitative estimate of drug-likeness (QED) is 0.677. The predicted octanol–water partition coefficient (Wildman–Crippen LogP) is 3.22. The van der Waals surface area contributed by atoms with Gasteiger partial charge in [-0.3, -0.25) is 4.57 Å². The molecule has 0 aliphatic rings. The van der Waals surface area contributed by atoms with Crippen molar-refractivity contribution in [1.29, 1.82) is 0 Å². The van der Waals surface area contributed by atoms with Gasteiger partial charge in [-0.05, 0) is 45.0 Å². The van der Waals surface area contributed by atoms with E-state index in [0.29, 0.717) is 0 Å². The van der Waals surface area contributed by atoms with Crippen molar-refractivity contribution in [1.82, 2.24) is 4.57 Å². The molecule has 0 saturated carbocycles. The van der Waals surface area contributed by atoms with Crippen LogP contribution in [-0.4, -0.2) is 16.3 Å². The van der Waals surface area contributed by atoms with Gasteiger partial charge in [-0.25, -0.2) is 4.79 Å². The molecule has 3 heteroatoms. The summed E-state index contributed by atoms with van der Waals surface area (Å²) in [6.07, 6.45) is 1.36. The zero-order chi connectivity index (χ0) is 11.8. The highest BCUT2D eigenvalue weighted by atomic mass is 16.6. The maximum absolute atomic E-state index is 11.9. The van der Waals surface area contributed by atoms with Crippen molar-refractivity contribution < 1.29 is 9.53 Å². The highest BCUT2D eigenvalue weighted by molar-refractivity contribution is 5.89. The lowest BCUT2D eigenvalue weighted by Crippen LogP contribution is -2.26. The minimum Gasteiger partial charge on any atom is -0.443 e. The number of carbonyl (C=O) groups excluding carboxylic acids is 1. The van der Waals surface area contributed by atoms with E-state index < -0.39 is 5.60 Å². The number of ether oxygens (including phenoxy) is 1. The average molecular weight is 216 g/mol. The van der Waals surface area contributed by atoms with Gasteiger partial charge in [0.25, 0.3) is 0 Å². The maximum Gasteiger partial charge on any atom is 0.418 e. The molecular formula is C13H14NO2. The summed E-state index contributed by atoms with van der Waals surface area (Å²) in [5, 5.41) is 0.980. The van der Waals surface area contributed by atoms with E-state index in [4.69, 9.17) is 4.74 Å². The summed E-state index contributed by atoms with van der Waals surface area (Å²) < 4.78 is 6.81. The lowest BCUT2D eigenvalue weighted by atomic mass is 10.2. The Bertz CT molecular complexity index is 520. The van der Waals surface area contributed by atoms with E-state index >= 15 is 0 Å². The normalized spacial score (nSPS) is 11.7. The van der Waals surface area contributed by atoms with E-state index in [1.807, 2.05) is 39.0 Å². The van der Waals surface area contributed by atoms with E-state index in [-0.39, 0.29) is 6.09 Å². The number of hydrogen-bond acceptors (Lipinski definition) is 2. The molecule has 0 saturated heterocycles. The van der Waals surface area contributed by atoms with Crippen molar-refractivity contribution in [2.24, 2.45) is 0 Å². The Hall–Kier alpha value is -1.77. The molecule has 0 N–H and O–H groups in total. The van der Waals surface area contributed by atoms with Crippen LogP contribution in [0.3, 0.4) is 0 Å². The summed E-state index contributed by atoms with van der Waals surface area (Å²) in [4.78, 5) is 11.9. The van der Waals surface area contributed by atoms with Gasteiger partial charge in [-0.1, -0.05) is 6.07 Å². The Morgan fingerprint density at radius 3 is 2.81 bits per heavy atom. The van der Waals surface area contributed by atoms with Crippen LogP contribution in [0.25, 0.3) is 10.9 Å². The lowest BCUT2D eigenvalue weighted by Gasteiger charge is -2.19. The number of fused-ring (bicyclic) bond motifs is 1. The molecule has 1 radical (unpaired) electrons. The van der Waals surface area contributed by atoms with Crippen LogP contribution >= 0.6 is 0 Å². The van der Waals surface area contributed by atoms with Crippen molar-refractivity contribution >= 4 is 17.0 Å². The molecule has 0 unspecified atom stereocenters. The Morgan fingerprint density at radius 2 is 2.12 bits per heavy atom. The second kappa shape index (κ2) is 3.67. The monoisotopic (exact) mass is 216 g/mol. The molecule has 0 spiro atoms. The molecule has 1 aromatic heterocycles. The molecule has 0 bridgehead atoms. The summed E-state index contributed by atoms with van der Waals surface area (Å²) in [6.45, 7) is 5.55. The highest BCUT2D eigenvalue weighted by Crippen LogP contribution is 2.17. The van der Waals surface area contributed by atoms with E-state index in [0.717, 1.165) is 10.9 Å². The highest BCUT2D eigenvalue weighted by Gasteiger charge is 2.18. The van der Waals surface area contributed by atoms with E-state index in [1.54, 1.807) is 12.3 Å². The fraction of sp³-hybridized carbons (Fsp3) is 0.308. The maximum atomic E-state index is 11.9. The van der Waals surface area contributed by atoms with Gasteiger partial charge in [0.15, 0.2) is 0 Å². The van der Waals surface area contributed by atoms with Gasteiger partial charge in [0.2, 0.25) is 0 Å². The van der Waals surface area contributed by atoms with E-state index in [2.05, 4.69) is 6.07 Å². The summed E-state index contributed by atoms with van der Waals surface area (Å²) in [5.41, 5.74) is 0.363. The molecule has 0 aliphatic heterocycles. The molecule has 1 heterocycles. The summed E-state index contributed by atoms with van der Waals surface area (Å²) in [5.74, 6) is 0. The zero-order valence-corrected chi connectivity index (χ0v) is 9.65. The molecule has 0 fully saturated rings. The summed E-state index contributed by atoms with van der Waals surface area (Å²) in [6, 6.07) is 10.3. The van der Waals surface area contributed by atoms with Gasteiger partial charge in [0.1, 0.15) is 5.60 Å². The first-order valence-corrected chi connectivity index (χ1v) is 5.18. The number of nitrogens with zero attached hydrogens (tertiary/aromatic N) is 1. The van der Waals surface area contributed by atoms with E-state index in [9.17, 15) is 4.79 Å². The molecule has 2 rings (SSSR count). The minimum atomic E-state index is -0.478. The second-order valence-electron chi connectivity index (χ2n) is 4.65. The third-order valence-corrected chi connectivity index (χ3v) is 2.12. The average Bonchev–Trinajstić information content (AvgIpc) is 2.58. The molecule has 2 aromatic rings. The van der Waals surface area contributed by atoms with Crippen LogP contribution in [0.2, 0.25) is 0 Å². The molecule has 83 valence electrons. The Balaban J connectivity index is 2.37. The molecule has 0 aliphatic carbocycles. The number of rotatable bonds is 0. The van der Waals surface area contributed by atoms with Crippen LogP contribution in [0, 0.1) is 6.07 Å². The molecular weight excluding hydrogens is 202 g/mol. The lowest BCUT2D eigenvalue weighted by molar-refractivity contribution is 0.0544. The number of carbonyl (C=O) groups is 1. The van der Waals surface area contributed by atoms with Gasteiger partial charge in [-0.15, -0.1) is 0 Å². The van der Waals surface area contributed by atoms with Gasteiger partial charge in [0, 0.05) is 11.6 Å². The number of aromatic nitrogens is 1. The zero-order valence-electron chi connectivity index (χ0n) is 9.65. The van der Waals surface area contributed by atoms with Crippen LogP contribution in [0.15, 0.2) is 30.5 Å². The Labute approximate surface area is 94.6 Å². The first-order valence-electron chi connectivity index (χ1n) is 5.18. The Morgan fingerprint density at radius 1 is 1.38 bits per heavy atom. The molecule has 0 amide bonds.